The minimum Gasteiger partial charge on any atom is -0.324 e. The molecule has 0 aliphatic rings. The maximum absolute atomic E-state index is 13.2. The molecule has 0 fully saturated rings. The summed E-state index contributed by atoms with van der Waals surface area (Å²) in [7, 11) is -4.10. The SMILES string of the molecule is O=C(CN(Cc1ccc(Br)cc1)S(=O)(=O)c1ccccc1)Nc1ccccc1C(F)(F)F. The van der Waals surface area contributed by atoms with Crippen molar-refractivity contribution in [1.82, 2.24) is 4.31 Å². The van der Waals surface area contributed by atoms with E-state index in [-0.39, 0.29) is 11.4 Å². The first-order chi connectivity index (χ1) is 15.1. The van der Waals surface area contributed by atoms with E-state index in [0.29, 0.717) is 5.56 Å². The quantitative estimate of drug-likeness (QED) is 0.454. The molecule has 3 aromatic rings. The fourth-order valence-corrected chi connectivity index (χ4v) is 4.62. The Hall–Kier alpha value is -2.69. The van der Waals surface area contributed by atoms with E-state index in [4.69, 9.17) is 0 Å². The second kappa shape index (κ2) is 9.85. The Morgan fingerprint density at radius 3 is 2.12 bits per heavy atom. The molecule has 5 nitrogen and oxygen atoms in total. The van der Waals surface area contributed by atoms with Gasteiger partial charge < -0.3 is 5.32 Å². The molecule has 0 atom stereocenters. The Kier molecular flexibility index (Phi) is 7.37. The number of halogens is 4. The lowest BCUT2D eigenvalue weighted by molar-refractivity contribution is -0.137. The lowest BCUT2D eigenvalue weighted by Crippen LogP contribution is -2.37. The van der Waals surface area contributed by atoms with E-state index in [1.165, 1.54) is 24.3 Å². The van der Waals surface area contributed by atoms with Gasteiger partial charge in [-0.1, -0.05) is 58.4 Å². The molecule has 0 heterocycles. The molecule has 3 rings (SSSR count). The number of anilines is 1. The molecule has 0 bridgehead atoms. The first-order valence-electron chi connectivity index (χ1n) is 9.33. The van der Waals surface area contributed by atoms with Crippen LogP contribution in [0.3, 0.4) is 0 Å². The molecule has 32 heavy (non-hydrogen) atoms. The molecular weight excluding hydrogens is 509 g/mol. The summed E-state index contributed by atoms with van der Waals surface area (Å²) in [6, 6.07) is 18.9. The van der Waals surface area contributed by atoms with Crippen LogP contribution in [0.15, 0.2) is 88.2 Å². The second-order valence-corrected chi connectivity index (χ2v) is 9.66. The summed E-state index contributed by atoms with van der Waals surface area (Å²) in [5.74, 6) is -0.890. The topological polar surface area (TPSA) is 66.5 Å². The number of hydrogen-bond donors (Lipinski definition) is 1. The van der Waals surface area contributed by atoms with E-state index in [1.54, 1.807) is 42.5 Å². The van der Waals surface area contributed by atoms with Crippen LogP contribution in [-0.2, 0) is 27.5 Å². The molecule has 0 spiro atoms. The predicted molar refractivity (Wildman–Crippen MR) is 118 cm³/mol. The van der Waals surface area contributed by atoms with Crippen LogP contribution < -0.4 is 5.32 Å². The fourth-order valence-electron chi connectivity index (χ4n) is 2.95. The Bertz CT molecular complexity index is 1190. The van der Waals surface area contributed by atoms with Crippen molar-refractivity contribution < 1.29 is 26.4 Å². The van der Waals surface area contributed by atoms with Gasteiger partial charge in [0.2, 0.25) is 15.9 Å². The smallest absolute Gasteiger partial charge is 0.324 e. The van der Waals surface area contributed by atoms with Gasteiger partial charge in [-0.05, 0) is 42.0 Å². The van der Waals surface area contributed by atoms with Crippen molar-refractivity contribution in [2.45, 2.75) is 17.6 Å². The minimum absolute atomic E-state index is 0.0272. The molecule has 168 valence electrons. The Morgan fingerprint density at radius 2 is 1.50 bits per heavy atom. The van der Waals surface area contributed by atoms with Crippen molar-refractivity contribution >= 4 is 37.5 Å². The van der Waals surface area contributed by atoms with Gasteiger partial charge in [-0.25, -0.2) is 8.42 Å². The van der Waals surface area contributed by atoms with E-state index in [2.05, 4.69) is 21.2 Å². The number of hydrogen-bond acceptors (Lipinski definition) is 3. The van der Waals surface area contributed by atoms with Crippen LogP contribution >= 0.6 is 15.9 Å². The van der Waals surface area contributed by atoms with Crippen molar-refractivity contribution in [2.24, 2.45) is 0 Å². The van der Waals surface area contributed by atoms with Gasteiger partial charge in [0.25, 0.3) is 0 Å². The minimum atomic E-state index is -4.67. The summed E-state index contributed by atoms with van der Waals surface area (Å²) in [5.41, 5.74) is -0.847. The molecule has 0 radical (unpaired) electrons. The Balaban J connectivity index is 1.89. The number of rotatable bonds is 7. The van der Waals surface area contributed by atoms with Gasteiger partial charge in [0.1, 0.15) is 0 Å². The molecule has 0 aliphatic carbocycles. The molecule has 0 aliphatic heterocycles. The van der Waals surface area contributed by atoms with Crippen molar-refractivity contribution in [1.29, 1.82) is 0 Å². The summed E-state index contributed by atoms with van der Waals surface area (Å²) < 4.78 is 67.8. The third kappa shape index (κ3) is 5.96. The number of amides is 1. The van der Waals surface area contributed by atoms with Crippen LogP contribution in [0.5, 0.6) is 0 Å². The number of nitrogens with one attached hydrogen (secondary N) is 1. The average molecular weight is 527 g/mol. The second-order valence-electron chi connectivity index (χ2n) is 6.80. The van der Waals surface area contributed by atoms with E-state index < -0.39 is 39.9 Å². The van der Waals surface area contributed by atoms with Crippen LogP contribution in [0.2, 0.25) is 0 Å². The number of carbonyl (C=O) groups excluding carboxylic acids is 1. The highest BCUT2D eigenvalue weighted by molar-refractivity contribution is 9.10. The van der Waals surface area contributed by atoms with Gasteiger partial charge in [-0.3, -0.25) is 4.79 Å². The highest BCUT2D eigenvalue weighted by atomic mass is 79.9. The largest absolute Gasteiger partial charge is 0.418 e. The first-order valence-corrected chi connectivity index (χ1v) is 11.6. The van der Waals surface area contributed by atoms with Crippen molar-refractivity contribution in [2.75, 3.05) is 11.9 Å². The number of nitrogens with zero attached hydrogens (tertiary/aromatic N) is 1. The number of alkyl halides is 3. The van der Waals surface area contributed by atoms with Gasteiger partial charge in [-0.2, -0.15) is 17.5 Å². The molecule has 0 saturated heterocycles. The summed E-state index contributed by atoms with van der Waals surface area (Å²) >= 11 is 3.30. The van der Waals surface area contributed by atoms with Crippen LogP contribution in [-0.4, -0.2) is 25.2 Å². The lowest BCUT2D eigenvalue weighted by Gasteiger charge is -2.22. The van der Waals surface area contributed by atoms with Crippen LogP contribution in [0.4, 0.5) is 18.9 Å². The number of carbonyl (C=O) groups is 1. The highest BCUT2D eigenvalue weighted by Crippen LogP contribution is 2.34. The van der Waals surface area contributed by atoms with E-state index >= 15 is 0 Å². The van der Waals surface area contributed by atoms with Gasteiger partial charge in [0.05, 0.1) is 22.7 Å². The zero-order chi connectivity index (χ0) is 23.4. The molecule has 1 amide bonds. The normalized spacial score (nSPS) is 12.0. The molecule has 3 aromatic carbocycles. The molecule has 1 N–H and O–H groups in total. The van der Waals surface area contributed by atoms with Gasteiger partial charge in [0.15, 0.2) is 0 Å². The van der Waals surface area contributed by atoms with Crippen LogP contribution in [0.1, 0.15) is 11.1 Å². The summed E-state index contributed by atoms with van der Waals surface area (Å²) in [5, 5.41) is 2.19. The maximum atomic E-state index is 13.2. The molecule has 0 unspecified atom stereocenters. The van der Waals surface area contributed by atoms with E-state index in [9.17, 15) is 26.4 Å². The van der Waals surface area contributed by atoms with E-state index in [1.807, 2.05) is 0 Å². The monoisotopic (exact) mass is 526 g/mol. The third-order valence-electron chi connectivity index (χ3n) is 4.48. The zero-order valence-electron chi connectivity index (χ0n) is 16.5. The lowest BCUT2D eigenvalue weighted by atomic mass is 10.1. The summed E-state index contributed by atoms with van der Waals surface area (Å²) in [6.45, 7) is -0.807. The molecule has 0 saturated carbocycles. The van der Waals surface area contributed by atoms with Gasteiger partial charge >= 0.3 is 6.18 Å². The summed E-state index contributed by atoms with van der Waals surface area (Å²) in [4.78, 5) is 12.6. The zero-order valence-corrected chi connectivity index (χ0v) is 18.9. The van der Waals surface area contributed by atoms with Crippen LogP contribution in [0.25, 0.3) is 0 Å². The van der Waals surface area contributed by atoms with Gasteiger partial charge in [0, 0.05) is 11.0 Å². The van der Waals surface area contributed by atoms with Crippen molar-refractivity contribution in [3.8, 4) is 0 Å². The molecular formula is C22H18BrF3N2O3S. The fraction of sp³-hybridized carbons (Fsp3) is 0.136. The van der Waals surface area contributed by atoms with E-state index in [0.717, 1.165) is 20.9 Å². The van der Waals surface area contributed by atoms with Crippen LogP contribution in [0, 0.1) is 0 Å². The molecule has 0 aromatic heterocycles. The maximum Gasteiger partial charge on any atom is 0.418 e. The average Bonchev–Trinajstić information content (AvgIpc) is 2.75. The number of benzene rings is 3. The number of para-hydroxylation sites is 1. The van der Waals surface area contributed by atoms with Crippen molar-refractivity contribution in [3.05, 3.63) is 94.5 Å². The highest BCUT2D eigenvalue weighted by Gasteiger charge is 2.34. The third-order valence-corrected chi connectivity index (χ3v) is 6.81. The Labute approximate surface area is 192 Å². The van der Waals surface area contributed by atoms with Gasteiger partial charge in [-0.15, -0.1) is 0 Å². The predicted octanol–water partition coefficient (Wildman–Crippen LogP) is 5.30. The Morgan fingerprint density at radius 1 is 0.906 bits per heavy atom. The summed E-state index contributed by atoms with van der Waals surface area (Å²) in [6.07, 6.45) is -4.67. The standard InChI is InChI=1S/C22H18BrF3N2O3S/c23-17-12-10-16(11-13-17)14-28(32(30,31)18-6-2-1-3-7-18)15-21(29)27-20-9-5-4-8-19(20)22(24,25)26/h1-13H,14-15H2,(H,27,29). The molecule has 10 heteroatoms. The number of sulfonamides is 1. The first kappa shape index (κ1) is 24.0. The van der Waals surface area contributed by atoms with Crippen molar-refractivity contribution in [3.63, 3.8) is 0 Å².